The van der Waals surface area contributed by atoms with Crippen LogP contribution in [0.4, 0.5) is 11.4 Å². The van der Waals surface area contributed by atoms with E-state index >= 15 is 0 Å². The summed E-state index contributed by atoms with van der Waals surface area (Å²) in [5.74, 6) is -0.0402. The number of ether oxygens (including phenoxy) is 4. The highest BCUT2D eigenvalue weighted by Gasteiger charge is 2.35. The average molecular weight is 709 g/mol. The van der Waals surface area contributed by atoms with Gasteiger partial charge in [-0.25, -0.2) is 9.79 Å². The fraction of sp³-hybridized carbons (Fsp3) is 0.139. The van der Waals surface area contributed by atoms with E-state index in [4.69, 9.17) is 23.9 Å². The summed E-state index contributed by atoms with van der Waals surface area (Å²) in [6.07, 6.45) is 1.63. The minimum absolute atomic E-state index is 0.0951. The molecule has 0 unspecified atom stereocenters. The van der Waals surface area contributed by atoms with Gasteiger partial charge in [-0.2, -0.15) is 0 Å². The van der Waals surface area contributed by atoms with Crippen molar-refractivity contribution < 1.29 is 33.6 Å². The Labute approximate surface area is 293 Å². The summed E-state index contributed by atoms with van der Waals surface area (Å²) in [7, 11) is 2.90. The molecule has 4 aromatic carbocycles. The second-order valence-corrected chi connectivity index (χ2v) is 11.9. The maximum Gasteiger partial charge on any atom is 0.338 e. The molecule has 0 bridgehead atoms. The standard InChI is InChI=1S/C36H28N4O10S/c1-4-49-35(42)31-32(22-9-6-5-7-10-22)37-36-38(33(31)23-11-8-12-25(19-23)47-2)34(41)30(51-36)18-21-13-15-28(29(17-21)48-3)50-27-16-14-24(39(43)44)20-26(27)40(45)46/h5-20,33H,4H2,1-3H3/b30-18-/t33-/m0/s1. The number of nitrogens with zero attached hydrogens (tertiary/aromatic N) is 4. The van der Waals surface area contributed by atoms with E-state index in [0.717, 1.165) is 29.5 Å². The number of hydrogen-bond donors (Lipinski definition) is 0. The molecule has 5 aromatic rings. The van der Waals surface area contributed by atoms with E-state index < -0.39 is 38.8 Å². The molecule has 14 nitrogen and oxygen atoms in total. The van der Waals surface area contributed by atoms with Crippen LogP contribution >= 0.6 is 11.3 Å². The number of fused-ring (bicyclic) bond motifs is 1. The maximum absolute atomic E-state index is 14.3. The van der Waals surface area contributed by atoms with Gasteiger partial charge in [-0.15, -0.1) is 0 Å². The molecule has 1 aliphatic rings. The number of rotatable bonds is 11. The zero-order valence-corrected chi connectivity index (χ0v) is 28.1. The van der Waals surface area contributed by atoms with E-state index in [1.807, 2.05) is 30.3 Å². The first-order valence-electron chi connectivity index (χ1n) is 15.3. The van der Waals surface area contributed by atoms with Crippen molar-refractivity contribution in [2.45, 2.75) is 13.0 Å². The number of nitro groups is 2. The molecule has 1 aromatic heterocycles. The zero-order chi connectivity index (χ0) is 36.2. The van der Waals surface area contributed by atoms with Gasteiger partial charge in [0.15, 0.2) is 16.3 Å². The van der Waals surface area contributed by atoms with E-state index in [-0.39, 0.29) is 29.4 Å². The first kappa shape index (κ1) is 34.3. The SMILES string of the molecule is CCOC(=O)C1=C(c2ccccc2)N=c2s/c(=C\c3ccc(Oc4ccc([N+](=O)[O-])cc4[N+](=O)[O-])c(OC)c3)c(=O)n2[C@H]1c1cccc(OC)c1. The van der Waals surface area contributed by atoms with E-state index in [1.54, 1.807) is 49.4 Å². The number of carbonyl (C=O) groups excluding carboxylic acids is 1. The second-order valence-electron chi connectivity index (χ2n) is 10.9. The van der Waals surface area contributed by atoms with Gasteiger partial charge in [0.2, 0.25) is 5.75 Å². The van der Waals surface area contributed by atoms with Crippen molar-refractivity contribution in [2.75, 3.05) is 20.8 Å². The molecule has 1 atom stereocenters. The number of aromatic nitrogens is 1. The van der Waals surface area contributed by atoms with Crippen molar-refractivity contribution in [1.29, 1.82) is 0 Å². The number of methoxy groups -OCH3 is 2. The van der Waals surface area contributed by atoms with Gasteiger partial charge in [-0.1, -0.05) is 59.9 Å². The summed E-state index contributed by atoms with van der Waals surface area (Å²) in [4.78, 5) is 54.4. The topological polar surface area (TPSA) is 175 Å². The highest BCUT2D eigenvalue weighted by atomic mass is 32.1. The molecule has 0 aliphatic carbocycles. The van der Waals surface area contributed by atoms with E-state index in [1.165, 1.54) is 24.9 Å². The molecular formula is C36H28N4O10S. The quantitative estimate of drug-likeness (QED) is 0.0960. The van der Waals surface area contributed by atoms with Gasteiger partial charge in [0, 0.05) is 11.6 Å². The van der Waals surface area contributed by atoms with Gasteiger partial charge in [-0.05, 0) is 54.5 Å². The van der Waals surface area contributed by atoms with Crippen molar-refractivity contribution in [1.82, 2.24) is 4.57 Å². The summed E-state index contributed by atoms with van der Waals surface area (Å²) in [6.45, 7) is 1.81. The Bertz CT molecular complexity index is 2400. The minimum atomic E-state index is -0.907. The van der Waals surface area contributed by atoms with Crippen molar-refractivity contribution in [3.63, 3.8) is 0 Å². The first-order valence-corrected chi connectivity index (χ1v) is 16.2. The molecule has 1 aliphatic heterocycles. The monoisotopic (exact) mass is 708 g/mol. The Hall–Kier alpha value is -6.61. The Morgan fingerprint density at radius 1 is 0.902 bits per heavy atom. The van der Waals surface area contributed by atoms with E-state index in [0.29, 0.717) is 37.5 Å². The molecule has 51 heavy (non-hydrogen) atoms. The largest absolute Gasteiger partial charge is 0.497 e. The van der Waals surface area contributed by atoms with E-state index in [9.17, 15) is 29.8 Å². The number of hydrogen-bond acceptors (Lipinski definition) is 12. The molecule has 0 N–H and O–H groups in total. The third-order valence-corrected chi connectivity index (χ3v) is 8.82. The van der Waals surface area contributed by atoms with Crippen LogP contribution in [-0.2, 0) is 9.53 Å². The molecule has 0 fully saturated rings. The second kappa shape index (κ2) is 14.5. The lowest BCUT2D eigenvalue weighted by Gasteiger charge is -2.26. The third-order valence-electron chi connectivity index (χ3n) is 7.84. The number of non-ortho nitro benzene ring substituents is 1. The minimum Gasteiger partial charge on any atom is -0.497 e. The van der Waals surface area contributed by atoms with Crippen LogP contribution in [0.15, 0.2) is 106 Å². The molecule has 0 saturated heterocycles. The first-order chi connectivity index (χ1) is 24.6. The summed E-state index contributed by atoms with van der Waals surface area (Å²) in [5.41, 5.74) is 0.888. The Kier molecular flexibility index (Phi) is 9.72. The summed E-state index contributed by atoms with van der Waals surface area (Å²) in [5, 5.41) is 22.8. The number of thiazole rings is 1. The molecular weight excluding hydrogens is 680 g/mol. The molecule has 258 valence electrons. The number of esters is 1. The van der Waals surface area contributed by atoms with Crippen LogP contribution in [0.2, 0.25) is 0 Å². The van der Waals surface area contributed by atoms with E-state index in [2.05, 4.69) is 0 Å². The molecule has 2 heterocycles. The summed E-state index contributed by atoms with van der Waals surface area (Å²) < 4.78 is 24.0. The highest BCUT2D eigenvalue weighted by Crippen LogP contribution is 2.39. The van der Waals surface area contributed by atoms with Gasteiger partial charge < -0.3 is 18.9 Å². The maximum atomic E-state index is 14.3. The van der Waals surface area contributed by atoms with Gasteiger partial charge >= 0.3 is 11.7 Å². The third kappa shape index (κ3) is 6.82. The number of carbonyl (C=O) groups is 1. The van der Waals surface area contributed by atoms with Crippen LogP contribution in [0.25, 0.3) is 11.8 Å². The molecule has 15 heteroatoms. The van der Waals surface area contributed by atoms with Crippen molar-refractivity contribution in [3.05, 3.63) is 153 Å². The van der Waals surface area contributed by atoms with Gasteiger partial charge in [0.25, 0.3) is 11.2 Å². The lowest BCUT2D eigenvalue weighted by Crippen LogP contribution is -2.40. The number of nitro benzene ring substituents is 2. The molecule has 6 rings (SSSR count). The van der Waals surface area contributed by atoms with Crippen molar-refractivity contribution >= 4 is 40.5 Å². The van der Waals surface area contributed by atoms with Crippen LogP contribution in [0, 0.1) is 20.2 Å². The van der Waals surface area contributed by atoms with Crippen LogP contribution in [-0.4, -0.2) is 41.2 Å². The molecule has 0 amide bonds. The normalized spacial score (nSPS) is 13.9. The summed E-state index contributed by atoms with van der Waals surface area (Å²) >= 11 is 1.13. The Morgan fingerprint density at radius 2 is 1.67 bits per heavy atom. The van der Waals surface area contributed by atoms with Crippen molar-refractivity contribution in [3.8, 4) is 23.0 Å². The lowest BCUT2D eigenvalue weighted by molar-refractivity contribution is -0.394. The predicted octanol–water partition coefficient (Wildman–Crippen LogP) is 5.56. The van der Waals surface area contributed by atoms with Crippen LogP contribution < -0.4 is 29.1 Å². The molecule has 0 spiro atoms. The highest BCUT2D eigenvalue weighted by molar-refractivity contribution is 7.07. The molecule has 0 saturated carbocycles. The lowest BCUT2D eigenvalue weighted by atomic mass is 9.93. The zero-order valence-electron chi connectivity index (χ0n) is 27.3. The Balaban J connectivity index is 1.49. The number of benzene rings is 4. The van der Waals surface area contributed by atoms with Gasteiger partial charge in [0.1, 0.15) is 5.75 Å². The van der Waals surface area contributed by atoms with Gasteiger partial charge in [0.05, 0.1) is 58.6 Å². The Morgan fingerprint density at radius 3 is 2.35 bits per heavy atom. The van der Waals surface area contributed by atoms with Gasteiger partial charge in [-0.3, -0.25) is 29.6 Å². The van der Waals surface area contributed by atoms with Crippen LogP contribution in [0.5, 0.6) is 23.0 Å². The molecule has 0 radical (unpaired) electrons. The predicted molar refractivity (Wildman–Crippen MR) is 187 cm³/mol. The smallest absolute Gasteiger partial charge is 0.338 e. The van der Waals surface area contributed by atoms with Crippen molar-refractivity contribution in [2.24, 2.45) is 4.99 Å². The summed E-state index contributed by atoms with van der Waals surface area (Å²) in [6, 6.07) is 23.1. The fourth-order valence-corrected chi connectivity index (χ4v) is 6.54. The average Bonchev–Trinajstić information content (AvgIpc) is 3.45. The van der Waals surface area contributed by atoms with Crippen LogP contribution in [0.3, 0.4) is 0 Å². The van der Waals surface area contributed by atoms with Crippen LogP contribution in [0.1, 0.15) is 29.7 Å². The fourth-order valence-electron chi connectivity index (χ4n) is 5.54.